The minimum atomic E-state index is 0.0712. The molecule has 0 aliphatic heterocycles. The molecule has 0 unspecified atom stereocenters. The molecule has 3 nitrogen and oxygen atoms in total. The van der Waals surface area contributed by atoms with E-state index in [2.05, 4.69) is 21.0 Å². The summed E-state index contributed by atoms with van der Waals surface area (Å²) in [4.78, 5) is 12.2. The standard InChI is InChI=1S/C14H15BrN2O/c1-9-10(2)16-17(11(9)3)8-14(18)12-5-4-6-13(15)7-12/h4-7H,8H2,1-3H3. The Morgan fingerprint density at radius 3 is 2.61 bits per heavy atom. The largest absolute Gasteiger partial charge is 0.292 e. The van der Waals surface area contributed by atoms with E-state index in [-0.39, 0.29) is 12.3 Å². The van der Waals surface area contributed by atoms with E-state index in [1.54, 1.807) is 4.68 Å². The average Bonchev–Trinajstić information content (AvgIpc) is 2.57. The van der Waals surface area contributed by atoms with Crippen molar-refractivity contribution in [1.82, 2.24) is 9.78 Å². The second-order valence-electron chi connectivity index (χ2n) is 4.39. The maximum atomic E-state index is 12.2. The third-order valence-electron chi connectivity index (χ3n) is 3.18. The maximum Gasteiger partial charge on any atom is 0.184 e. The number of rotatable bonds is 3. The first kappa shape index (κ1) is 13.0. The Bertz CT molecular complexity index is 602. The zero-order valence-corrected chi connectivity index (χ0v) is 12.3. The molecule has 18 heavy (non-hydrogen) atoms. The van der Waals surface area contributed by atoms with Gasteiger partial charge in [-0.1, -0.05) is 28.1 Å². The first-order chi connectivity index (χ1) is 8.49. The van der Waals surface area contributed by atoms with Crippen molar-refractivity contribution < 1.29 is 4.79 Å². The summed E-state index contributed by atoms with van der Waals surface area (Å²) < 4.78 is 2.69. The molecule has 0 radical (unpaired) electrons. The number of halogens is 1. The first-order valence-electron chi connectivity index (χ1n) is 5.78. The molecule has 0 aliphatic rings. The van der Waals surface area contributed by atoms with Crippen LogP contribution in [0.3, 0.4) is 0 Å². The van der Waals surface area contributed by atoms with Crippen molar-refractivity contribution >= 4 is 21.7 Å². The van der Waals surface area contributed by atoms with E-state index >= 15 is 0 Å². The van der Waals surface area contributed by atoms with Crippen molar-refractivity contribution in [3.63, 3.8) is 0 Å². The number of aryl methyl sites for hydroxylation is 1. The molecule has 2 aromatic rings. The number of benzene rings is 1. The van der Waals surface area contributed by atoms with Crippen LogP contribution in [-0.4, -0.2) is 15.6 Å². The molecule has 0 atom stereocenters. The van der Waals surface area contributed by atoms with Crippen molar-refractivity contribution in [2.45, 2.75) is 27.3 Å². The van der Waals surface area contributed by atoms with Crippen molar-refractivity contribution in [1.29, 1.82) is 0 Å². The Morgan fingerprint density at radius 2 is 2.06 bits per heavy atom. The van der Waals surface area contributed by atoms with Crippen LogP contribution in [0.15, 0.2) is 28.7 Å². The molecule has 0 bridgehead atoms. The van der Waals surface area contributed by atoms with Crippen LogP contribution in [0.4, 0.5) is 0 Å². The first-order valence-corrected chi connectivity index (χ1v) is 6.57. The van der Waals surface area contributed by atoms with Gasteiger partial charge in [-0.05, 0) is 38.5 Å². The number of hydrogen-bond acceptors (Lipinski definition) is 2. The molecule has 94 valence electrons. The molecule has 0 N–H and O–H groups in total. The van der Waals surface area contributed by atoms with Crippen molar-refractivity contribution in [2.75, 3.05) is 0 Å². The number of nitrogens with zero attached hydrogens (tertiary/aromatic N) is 2. The number of hydrogen-bond donors (Lipinski definition) is 0. The summed E-state index contributed by atoms with van der Waals surface area (Å²) in [6, 6.07) is 7.43. The van der Waals surface area contributed by atoms with Gasteiger partial charge in [-0.15, -0.1) is 0 Å². The van der Waals surface area contributed by atoms with Gasteiger partial charge in [0.25, 0.3) is 0 Å². The summed E-state index contributed by atoms with van der Waals surface area (Å²) in [6.45, 7) is 6.26. The highest BCUT2D eigenvalue weighted by atomic mass is 79.9. The van der Waals surface area contributed by atoms with E-state index in [1.165, 1.54) is 0 Å². The fraction of sp³-hybridized carbons (Fsp3) is 0.286. The molecule has 4 heteroatoms. The van der Waals surface area contributed by atoms with Crippen LogP contribution in [0.1, 0.15) is 27.3 Å². The van der Waals surface area contributed by atoms with Crippen molar-refractivity contribution in [3.8, 4) is 0 Å². The van der Waals surface area contributed by atoms with E-state index in [0.717, 1.165) is 21.4 Å². The number of carbonyl (C=O) groups is 1. The molecule has 0 saturated heterocycles. The van der Waals surface area contributed by atoms with Gasteiger partial charge in [0.1, 0.15) is 6.54 Å². The summed E-state index contributed by atoms with van der Waals surface area (Å²) in [5, 5.41) is 4.38. The van der Waals surface area contributed by atoms with Gasteiger partial charge in [0, 0.05) is 15.7 Å². The van der Waals surface area contributed by atoms with Crippen LogP contribution >= 0.6 is 15.9 Å². The minimum absolute atomic E-state index is 0.0712. The normalized spacial score (nSPS) is 10.7. The molecule has 2 rings (SSSR count). The molecule has 0 fully saturated rings. The minimum Gasteiger partial charge on any atom is -0.292 e. The van der Waals surface area contributed by atoms with E-state index in [4.69, 9.17) is 0 Å². The van der Waals surface area contributed by atoms with Gasteiger partial charge < -0.3 is 0 Å². The summed E-state index contributed by atoms with van der Waals surface area (Å²) >= 11 is 3.37. The quantitative estimate of drug-likeness (QED) is 0.814. The van der Waals surface area contributed by atoms with Gasteiger partial charge >= 0.3 is 0 Å². The lowest BCUT2D eigenvalue weighted by atomic mass is 10.1. The lowest BCUT2D eigenvalue weighted by molar-refractivity contribution is 0.0966. The van der Waals surface area contributed by atoms with Gasteiger partial charge in [0.05, 0.1) is 5.69 Å². The van der Waals surface area contributed by atoms with Gasteiger partial charge in [-0.2, -0.15) is 5.10 Å². The van der Waals surface area contributed by atoms with Crippen LogP contribution in [0, 0.1) is 20.8 Å². The lowest BCUT2D eigenvalue weighted by Gasteiger charge is -2.04. The van der Waals surface area contributed by atoms with E-state index in [9.17, 15) is 4.79 Å². The summed E-state index contributed by atoms with van der Waals surface area (Å²) in [7, 11) is 0. The van der Waals surface area contributed by atoms with Crippen LogP contribution in [0.2, 0.25) is 0 Å². The Hall–Kier alpha value is -1.42. The average molecular weight is 307 g/mol. The Labute approximate surface area is 115 Å². The molecular formula is C14H15BrN2O. The van der Waals surface area contributed by atoms with Gasteiger partial charge in [0.15, 0.2) is 5.78 Å². The summed E-state index contributed by atoms with van der Waals surface area (Å²) in [5.74, 6) is 0.0712. The van der Waals surface area contributed by atoms with Crippen LogP contribution in [0.5, 0.6) is 0 Å². The predicted molar refractivity (Wildman–Crippen MR) is 74.9 cm³/mol. The third-order valence-corrected chi connectivity index (χ3v) is 3.68. The van der Waals surface area contributed by atoms with Gasteiger partial charge in [-0.3, -0.25) is 9.48 Å². The number of aromatic nitrogens is 2. The highest BCUT2D eigenvalue weighted by Crippen LogP contribution is 2.15. The van der Waals surface area contributed by atoms with Crippen molar-refractivity contribution in [2.24, 2.45) is 0 Å². The van der Waals surface area contributed by atoms with Crippen molar-refractivity contribution in [3.05, 3.63) is 51.3 Å². The van der Waals surface area contributed by atoms with Crippen LogP contribution in [0.25, 0.3) is 0 Å². The number of carbonyl (C=O) groups excluding carboxylic acids is 1. The topological polar surface area (TPSA) is 34.9 Å². The molecule has 1 heterocycles. The summed E-state index contributed by atoms with van der Waals surface area (Å²) in [5.41, 5.74) is 3.89. The molecule has 1 aromatic carbocycles. The fourth-order valence-corrected chi connectivity index (χ4v) is 2.23. The SMILES string of the molecule is Cc1nn(CC(=O)c2cccc(Br)c2)c(C)c1C. The highest BCUT2D eigenvalue weighted by molar-refractivity contribution is 9.10. The molecule has 0 aliphatic carbocycles. The molecule has 0 saturated carbocycles. The molecule has 0 spiro atoms. The summed E-state index contributed by atoms with van der Waals surface area (Å²) in [6.07, 6.45) is 0. The third kappa shape index (κ3) is 2.53. The Kier molecular flexibility index (Phi) is 3.66. The van der Waals surface area contributed by atoms with Crippen LogP contribution in [-0.2, 0) is 6.54 Å². The number of Topliss-reactive ketones (excluding diaryl/α,β-unsaturated/α-hetero) is 1. The second kappa shape index (κ2) is 5.06. The van der Waals surface area contributed by atoms with Gasteiger partial charge in [-0.25, -0.2) is 0 Å². The zero-order chi connectivity index (χ0) is 13.3. The molecule has 0 amide bonds. The maximum absolute atomic E-state index is 12.2. The Balaban J connectivity index is 2.24. The smallest absolute Gasteiger partial charge is 0.184 e. The predicted octanol–water partition coefficient (Wildman–Crippen LogP) is 3.45. The van der Waals surface area contributed by atoms with E-state index in [1.807, 2.05) is 45.0 Å². The lowest BCUT2D eigenvalue weighted by Crippen LogP contribution is -2.13. The number of ketones is 1. The molecular weight excluding hydrogens is 292 g/mol. The highest BCUT2D eigenvalue weighted by Gasteiger charge is 2.12. The second-order valence-corrected chi connectivity index (χ2v) is 5.30. The van der Waals surface area contributed by atoms with Crippen LogP contribution < -0.4 is 0 Å². The molecule has 1 aromatic heterocycles. The van der Waals surface area contributed by atoms with Gasteiger partial charge in [0.2, 0.25) is 0 Å². The zero-order valence-electron chi connectivity index (χ0n) is 10.7. The Morgan fingerprint density at radius 1 is 1.33 bits per heavy atom. The monoisotopic (exact) mass is 306 g/mol. The van der Waals surface area contributed by atoms with E-state index in [0.29, 0.717) is 5.56 Å². The van der Waals surface area contributed by atoms with E-state index < -0.39 is 0 Å². The fourth-order valence-electron chi connectivity index (χ4n) is 1.83.